The summed E-state index contributed by atoms with van der Waals surface area (Å²) in [4.78, 5) is 34.1. The van der Waals surface area contributed by atoms with Gasteiger partial charge >= 0.3 is 5.63 Å². The number of hydrogen-bond donors (Lipinski definition) is 1. The zero-order chi connectivity index (χ0) is 18.1. The van der Waals surface area contributed by atoms with Gasteiger partial charge in [-0.05, 0) is 30.7 Å². The lowest BCUT2D eigenvalue weighted by Crippen LogP contribution is -2.13. The first-order valence-corrected chi connectivity index (χ1v) is 7.53. The number of anilines is 1. The Morgan fingerprint density at radius 3 is 2.68 bits per heavy atom. The minimum Gasteiger partial charge on any atom is -0.423 e. The van der Waals surface area contributed by atoms with Gasteiger partial charge in [0.05, 0.1) is 15.5 Å². The molecule has 0 radical (unpaired) electrons. The number of nitrogens with zero attached hydrogens (tertiary/aromatic N) is 1. The fraction of sp³-hybridized carbons (Fsp3) is 0.0588. The first kappa shape index (κ1) is 16.7. The maximum Gasteiger partial charge on any atom is 0.336 e. The number of non-ortho nitro benzene ring substituents is 1. The standard InChI is InChI=1S/C17H11ClN2O5/c1-9-6-16(21)25-15-7-10(2-4-12(9)15)19-17(22)13-8-11(20(23)24)3-5-14(13)18/h2-8H,1H3,(H,19,22). The quantitative estimate of drug-likeness (QED) is 0.434. The topological polar surface area (TPSA) is 102 Å². The molecule has 0 atom stereocenters. The van der Waals surface area contributed by atoms with Gasteiger partial charge in [0.2, 0.25) is 0 Å². The third-order valence-electron chi connectivity index (χ3n) is 3.61. The number of nitrogens with one attached hydrogen (secondary N) is 1. The van der Waals surface area contributed by atoms with E-state index in [2.05, 4.69) is 5.32 Å². The number of nitro benzene ring substituents is 1. The van der Waals surface area contributed by atoms with Crippen LogP contribution >= 0.6 is 11.6 Å². The van der Waals surface area contributed by atoms with E-state index in [1.54, 1.807) is 19.1 Å². The van der Waals surface area contributed by atoms with E-state index < -0.39 is 16.5 Å². The Morgan fingerprint density at radius 2 is 1.96 bits per heavy atom. The SMILES string of the molecule is Cc1cc(=O)oc2cc(NC(=O)c3cc([N+](=O)[O-])ccc3Cl)ccc12. The second-order valence-electron chi connectivity index (χ2n) is 5.33. The van der Waals surface area contributed by atoms with Crippen molar-refractivity contribution in [3.05, 3.63) is 79.1 Å². The summed E-state index contributed by atoms with van der Waals surface area (Å²) in [5, 5.41) is 14.3. The number of amides is 1. The van der Waals surface area contributed by atoms with E-state index in [4.69, 9.17) is 16.0 Å². The van der Waals surface area contributed by atoms with Crippen LogP contribution in [0.5, 0.6) is 0 Å². The molecule has 0 aliphatic carbocycles. The maximum absolute atomic E-state index is 12.4. The van der Waals surface area contributed by atoms with Crippen molar-refractivity contribution in [1.29, 1.82) is 0 Å². The van der Waals surface area contributed by atoms with E-state index in [1.807, 2.05) is 0 Å². The lowest BCUT2D eigenvalue weighted by molar-refractivity contribution is -0.384. The maximum atomic E-state index is 12.4. The summed E-state index contributed by atoms with van der Waals surface area (Å²) in [6, 6.07) is 9.83. The van der Waals surface area contributed by atoms with Crippen LogP contribution in [0.15, 0.2) is 51.7 Å². The third kappa shape index (κ3) is 3.36. The van der Waals surface area contributed by atoms with Crippen molar-refractivity contribution in [3.63, 3.8) is 0 Å². The van der Waals surface area contributed by atoms with Crippen LogP contribution in [0, 0.1) is 17.0 Å². The normalized spacial score (nSPS) is 10.6. The average Bonchev–Trinajstić information content (AvgIpc) is 2.54. The van der Waals surface area contributed by atoms with Crippen LogP contribution in [0.3, 0.4) is 0 Å². The molecule has 0 bridgehead atoms. The van der Waals surface area contributed by atoms with Gasteiger partial charge in [-0.15, -0.1) is 0 Å². The number of fused-ring (bicyclic) bond motifs is 1. The van der Waals surface area contributed by atoms with Gasteiger partial charge in [0.1, 0.15) is 5.58 Å². The van der Waals surface area contributed by atoms with Gasteiger partial charge in [-0.25, -0.2) is 4.79 Å². The molecule has 3 aromatic rings. The average molecular weight is 359 g/mol. The van der Waals surface area contributed by atoms with E-state index in [9.17, 15) is 19.7 Å². The molecule has 0 fully saturated rings. The van der Waals surface area contributed by atoms with Gasteiger partial charge in [-0.3, -0.25) is 14.9 Å². The van der Waals surface area contributed by atoms with Crippen LogP contribution in [0.1, 0.15) is 15.9 Å². The number of carbonyl (C=O) groups is 1. The van der Waals surface area contributed by atoms with Gasteiger partial charge in [-0.2, -0.15) is 0 Å². The zero-order valence-electron chi connectivity index (χ0n) is 12.9. The molecule has 0 aliphatic rings. The fourth-order valence-corrected chi connectivity index (χ4v) is 2.61. The molecule has 0 unspecified atom stereocenters. The first-order chi connectivity index (χ1) is 11.8. The number of benzene rings is 2. The van der Waals surface area contributed by atoms with Gasteiger partial charge in [0.25, 0.3) is 11.6 Å². The molecule has 1 N–H and O–H groups in total. The van der Waals surface area contributed by atoms with Crippen LogP contribution in [0.2, 0.25) is 5.02 Å². The number of halogens is 1. The Balaban J connectivity index is 1.96. The number of hydrogen-bond acceptors (Lipinski definition) is 5. The second kappa shape index (κ2) is 6.37. The Bertz CT molecular complexity index is 1070. The van der Waals surface area contributed by atoms with Gasteiger partial charge in [-0.1, -0.05) is 11.6 Å². The smallest absolute Gasteiger partial charge is 0.336 e. The van der Waals surface area contributed by atoms with Crippen molar-refractivity contribution in [2.24, 2.45) is 0 Å². The molecule has 1 amide bonds. The second-order valence-corrected chi connectivity index (χ2v) is 5.74. The van der Waals surface area contributed by atoms with Crippen LogP contribution in [-0.4, -0.2) is 10.8 Å². The molecule has 1 heterocycles. The van der Waals surface area contributed by atoms with E-state index in [0.717, 1.165) is 17.0 Å². The molecule has 25 heavy (non-hydrogen) atoms. The van der Waals surface area contributed by atoms with Crippen molar-refractivity contribution < 1.29 is 14.1 Å². The number of aryl methyl sites for hydroxylation is 1. The highest BCUT2D eigenvalue weighted by Gasteiger charge is 2.16. The molecule has 0 saturated carbocycles. The Hall–Kier alpha value is -3.19. The van der Waals surface area contributed by atoms with Crippen molar-refractivity contribution in [1.82, 2.24) is 0 Å². The van der Waals surface area contributed by atoms with Crippen LogP contribution in [-0.2, 0) is 0 Å². The van der Waals surface area contributed by atoms with Crippen LogP contribution < -0.4 is 10.9 Å². The Kier molecular flexibility index (Phi) is 4.24. The summed E-state index contributed by atoms with van der Waals surface area (Å²) in [6.45, 7) is 1.78. The predicted octanol–water partition coefficient (Wildman–Crippen LogP) is 3.92. The Morgan fingerprint density at radius 1 is 1.20 bits per heavy atom. The van der Waals surface area contributed by atoms with E-state index >= 15 is 0 Å². The largest absolute Gasteiger partial charge is 0.423 e. The van der Waals surface area contributed by atoms with E-state index in [-0.39, 0.29) is 16.3 Å². The molecular formula is C17H11ClN2O5. The van der Waals surface area contributed by atoms with E-state index in [0.29, 0.717) is 11.3 Å². The van der Waals surface area contributed by atoms with Crippen molar-refractivity contribution in [3.8, 4) is 0 Å². The monoisotopic (exact) mass is 358 g/mol. The summed E-state index contributed by atoms with van der Waals surface area (Å²) in [5.41, 5.74) is 0.694. The number of rotatable bonds is 3. The zero-order valence-corrected chi connectivity index (χ0v) is 13.7. The molecule has 8 heteroatoms. The molecule has 0 saturated heterocycles. The van der Waals surface area contributed by atoms with Crippen molar-refractivity contribution in [2.75, 3.05) is 5.32 Å². The molecule has 0 spiro atoms. The molecule has 1 aromatic heterocycles. The van der Waals surface area contributed by atoms with Crippen molar-refractivity contribution >= 4 is 39.9 Å². The van der Waals surface area contributed by atoms with Gasteiger partial charge in [0.15, 0.2) is 0 Å². The summed E-state index contributed by atoms with van der Waals surface area (Å²) in [6.07, 6.45) is 0. The fourth-order valence-electron chi connectivity index (χ4n) is 2.40. The van der Waals surface area contributed by atoms with E-state index in [1.165, 1.54) is 24.3 Å². The molecule has 2 aromatic carbocycles. The third-order valence-corrected chi connectivity index (χ3v) is 3.94. The highest BCUT2D eigenvalue weighted by atomic mass is 35.5. The molecular weight excluding hydrogens is 348 g/mol. The summed E-state index contributed by atoms with van der Waals surface area (Å²) < 4.78 is 5.12. The lowest BCUT2D eigenvalue weighted by Gasteiger charge is -2.08. The van der Waals surface area contributed by atoms with Gasteiger partial charge < -0.3 is 9.73 Å². The van der Waals surface area contributed by atoms with Gasteiger partial charge in [0, 0.05) is 35.3 Å². The summed E-state index contributed by atoms with van der Waals surface area (Å²) >= 11 is 5.96. The molecule has 126 valence electrons. The number of carbonyl (C=O) groups excluding carboxylic acids is 1. The molecule has 3 rings (SSSR count). The highest BCUT2D eigenvalue weighted by Crippen LogP contribution is 2.25. The first-order valence-electron chi connectivity index (χ1n) is 7.15. The minimum atomic E-state index is -0.611. The van der Waals surface area contributed by atoms with Crippen LogP contribution in [0.4, 0.5) is 11.4 Å². The Labute approximate surface area is 146 Å². The number of nitro groups is 1. The predicted molar refractivity (Wildman–Crippen MR) is 93.3 cm³/mol. The molecule has 0 aliphatic heterocycles. The van der Waals surface area contributed by atoms with Crippen molar-refractivity contribution in [2.45, 2.75) is 6.92 Å². The van der Waals surface area contributed by atoms with Crippen LogP contribution in [0.25, 0.3) is 11.0 Å². The highest BCUT2D eigenvalue weighted by molar-refractivity contribution is 6.34. The minimum absolute atomic E-state index is 0.0262. The summed E-state index contributed by atoms with van der Waals surface area (Å²) in [7, 11) is 0. The lowest BCUT2D eigenvalue weighted by atomic mass is 10.1. The molecule has 7 nitrogen and oxygen atoms in total. The summed E-state index contributed by atoms with van der Waals surface area (Å²) in [5.74, 6) is -0.608.